The van der Waals surface area contributed by atoms with E-state index in [1.165, 1.54) is 6.08 Å². The van der Waals surface area contributed by atoms with Crippen molar-refractivity contribution in [2.45, 2.75) is 6.54 Å². The van der Waals surface area contributed by atoms with Gasteiger partial charge >= 0.3 is 6.03 Å². The van der Waals surface area contributed by atoms with Crippen molar-refractivity contribution in [1.82, 2.24) is 10.2 Å². The zero-order valence-electron chi connectivity index (χ0n) is 14.2. The summed E-state index contributed by atoms with van der Waals surface area (Å²) in [6.07, 6.45) is 1.54. The molecule has 1 aliphatic heterocycles. The van der Waals surface area contributed by atoms with Gasteiger partial charge in [-0.3, -0.25) is 9.69 Å². The lowest BCUT2D eigenvalue weighted by molar-refractivity contribution is -0.123. The summed E-state index contributed by atoms with van der Waals surface area (Å²) in [6, 6.07) is 19.8. The maximum atomic E-state index is 12.6. The first-order valence-electron chi connectivity index (χ1n) is 8.34. The molecule has 2 heterocycles. The molecule has 0 aliphatic carbocycles. The number of benzene rings is 2. The van der Waals surface area contributed by atoms with E-state index in [0.717, 1.165) is 16.0 Å². The van der Waals surface area contributed by atoms with Crippen molar-refractivity contribution < 1.29 is 14.0 Å². The molecule has 27 heavy (non-hydrogen) atoms. The maximum Gasteiger partial charge on any atom is 0.329 e. The smallest absolute Gasteiger partial charge is 0.329 e. The summed E-state index contributed by atoms with van der Waals surface area (Å²) in [5.41, 5.74) is 1.93. The van der Waals surface area contributed by atoms with Crippen LogP contribution in [-0.2, 0) is 11.3 Å². The van der Waals surface area contributed by atoms with Gasteiger partial charge in [0.1, 0.15) is 17.2 Å². The van der Waals surface area contributed by atoms with Crippen molar-refractivity contribution in [2.24, 2.45) is 0 Å². The molecular weight excluding hydrogens is 364 g/mol. The number of nitrogens with zero attached hydrogens (tertiary/aromatic N) is 1. The highest BCUT2D eigenvalue weighted by Crippen LogP contribution is 2.24. The molecule has 134 valence electrons. The van der Waals surface area contributed by atoms with E-state index in [2.05, 4.69) is 5.32 Å². The van der Waals surface area contributed by atoms with Crippen molar-refractivity contribution in [3.05, 3.63) is 88.8 Å². The maximum absolute atomic E-state index is 12.6. The van der Waals surface area contributed by atoms with Gasteiger partial charge in [-0.05, 0) is 29.8 Å². The second-order valence-corrected chi connectivity index (χ2v) is 6.51. The Morgan fingerprint density at radius 2 is 1.70 bits per heavy atom. The predicted octanol–water partition coefficient (Wildman–Crippen LogP) is 4.69. The minimum absolute atomic E-state index is 0.173. The van der Waals surface area contributed by atoms with Crippen LogP contribution in [0.25, 0.3) is 17.4 Å². The number of nitrogens with one attached hydrogen (secondary N) is 1. The number of hydrogen-bond acceptors (Lipinski definition) is 3. The van der Waals surface area contributed by atoms with Gasteiger partial charge in [-0.1, -0.05) is 54.1 Å². The Balaban J connectivity index is 1.53. The predicted molar refractivity (Wildman–Crippen MR) is 103 cm³/mol. The highest BCUT2D eigenvalue weighted by molar-refractivity contribution is 6.30. The molecule has 0 bridgehead atoms. The summed E-state index contributed by atoms with van der Waals surface area (Å²) in [4.78, 5) is 25.9. The van der Waals surface area contributed by atoms with Gasteiger partial charge < -0.3 is 9.73 Å². The van der Waals surface area contributed by atoms with Gasteiger partial charge in [0, 0.05) is 16.7 Å². The zero-order valence-corrected chi connectivity index (χ0v) is 14.9. The third-order valence-electron chi connectivity index (χ3n) is 4.19. The molecule has 1 fully saturated rings. The fraction of sp³-hybridized carbons (Fsp3) is 0.0476. The largest absolute Gasteiger partial charge is 0.457 e. The molecular formula is C21H15ClN2O3. The van der Waals surface area contributed by atoms with Crippen LogP contribution >= 0.6 is 11.6 Å². The van der Waals surface area contributed by atoms with Crippen LogP contribution < -0.4 is 5.32 Å². The van der Waals surface area contributed by atoms with Gasteiger partial charge in [0.05, 0.1) is 6.54 Å². The van der Waals surface area contributed by atoms with Gasteiger partial charge in [0.15, 0.2) is 0 Å². The van der Waals surface area contributed by atoms with Gasteiger partial charge in [-0.15, -0.1) is 0 Å². The van der Waals surface area contributed by atoms with Crippen LogP contribution in [0.3, 0.4) is 0 Å². The van der Waals surface area contributed by atoms with E-state index in [1.807, 2.05) is 36.4 Å². The lowest BCUT2D eigenvalue weighted by Crippen LogP contribution is -2.30. The Hall–Kier alpha value is -3.31. The van der Waals surface area contributed by atoms with Gasteiger partial charge in [0.2, 0.25) is 0 Å². The third-order valence-corrected chi connectivity index (χ3v) is 4.44. The molecule has 0 spiro atoms. The first-order valence-corrected chi connectivity index (χ1v) is 8.72. The van der Waals surface area contributed by atoms with Crippen LogP contribution in [0.2, 0.25) is 5.02 Å². The van der Waals surface area contributed by atoms with E-state index in [-0.39, 0.29) is 12.2 Å². The minimum atomic E-state index is -0.462. The van der Waals surface area contributed by atoms with E-state index in [9.17, 15) is 9.59 Å². The molecule has 5 nitrogen and oxygen atoms in total. The van der Waals surface area contributed by atoms with Crippen molar-refractivity contribution in [3.8, 4) is 11.3 Å². The number of carbonyl (C=O) groups excluding carboxylic acids is 2. The zero-order chi connectivity index (χ0) is 18.8. The minimum Gasteiger partial charge on any atom is -0.457 e. The molecule has 1 saturated heterocycles. The van der Waals surface area contributed by atoms with Crippen LogP contribution in [-0.4, -0.2) is 16.8 Å². The molecule has 3 amide bonds. The molecule has 0 saturated carbocycles. The van der Waals surface area contributed by atoms with E-state index >= 15 is 0 Å². The molecule has 0 unspecified atom stereocenters. The fourth-order valence-corrected chi connectivity index (χ4v) is 2.94. The van der Waals surface area contributed by atoms with Gasteiger partial charge in [-0.2, -0.15) is 0 Å². The first kappa shape index (κ1) is 17.1. The molecule has 1 aromatic heterocycles. The topological polar surface area (TPSA) is 62.6 Å². The number of amides is 3. The molecule has 0 radical (unpaired) electrons. The Labute approximate surface area is 160 Å². The average molecular weight is 379 g/mol. The quantitative estimate of drug-likeness (QED) is 0.529. The van der Waals surface area contributed by atoms with Crippen LogP contribution in [0.5, 0.6) is 0 Å². The molecule has 1 aliphatic rings. The lowest BCUT2D eigenvalue weighted by atomic mass is 10.2. The van der Waals surface area contributed by atoms with Gasteiger partial charge in [0.25, 0.3) is 5.91 Å². The average Bonchev–Trinajstić information content (AvgIpc) is 3.25. The summed E-state index contributed by atoms with van der Waals surface area (Å²) in [5.74, 6) is 0.788. The highest BCUT2D eigenvalue weighted by atomic mass is 35.5. The van der Waals surface area contributed by atoms with Crippen LogP contribution in [0, 0.1) is 0 Å². The van der Waals surface area contributed by atoms with Crippen molar-refractivity contribution >= 4 is 29.6 Å². The molecule has 4 rings (SSSR count). The number of rotatable bonds is 4. The fourth-order valence-electron chi connectivity index (χ4n) is 2.82. The summed E-state index contributed by atoms with van der Waals surface area (Å²) in [5, 5.41) is 3.20. The second-order valence-electron chi connectivity index (χ2n) is 6.07. The number of urea groups is 1. The summed E-state index contributed by atoms with van der Waals surface area (Å²) >= 11 is 5.87. The van der Waals surface area contributed by atoms with Crippen LogP contribution in [0.1, 0.15) is 11.3 Å². The second kappa shape index (κ2) is 7.13. The number of imide groups is 1. The SMILES string of the molecule is O=C1NC(=Cc2ccc(-c3ccccc3)o2)C(=O)N1Cc1ccc(Cl)cc1. The molecule has 1 N–H and O–H groups in total. The normalized spacial score (nSPS) is 15.4. The highest BCUT2D eigenvalue weighted by Gasteiger charge is 2.33. The van der Waals surface area contributed by atoms with E-state index in [1.54, 1.807) is 30.3 Å². The monoisotopic (exact) mass is 378 g/mol. The summed E-state index contributed by atoms with van der Waals surface area (Å²) < 4.78 is 5.77. The Kier molecular flexibility index (Phi) is 4.52. The molecule has 0 atom stereocenters. The first-order chi connectivity index (χ1) is 13.1. The Morgan fingerprint density at radius 1 is 0.963 bits per heavy atom. The van der Waals surface area contributed by atoms with E-state index < -0.39 is 11.9 Å². The van der Waals surface area contributed by atoms with Crippen molar-refractivity contribution in [3.63, 3.8) is 0 Å². The van der Waals surface area contributed by atoms with Crippen molar-refractivity contribution in [2.75, 3.05) is 0 Å². The number of carbonyl (C=O) groups is 2. The Morgan fingerprint density at radius 3 is 2.44 bits per heavy atom. The van der Waals surface area contributed by atoms with E-state index in [4.69, 9.17) is 16.0 Å². The lowest BCUT2D eigenvalue weighted by Gasteiger charge is -2.11. The number of halogens is 1. The van der Waals surface area contributed by atoms with Crippen LogP contribution in [0.15, 0.2) is 76.8 Å². The number of hydrogen-bond donors (Lipinski definition) is 1. The molecule has 3 aromatic rings. The molecule has 6 heteroatoms. The van der Waals surface area contributed by atoms with E-state index in [0.29, 0.717) is 16.5 Å². The van der Waals surface area contributed by atoms with Gasteiger partial charge in [-0.25, -0.2) is 4.79 Å². The van der Waals surface area contributed by atoms with Crippen LogP contribution in [0.4, 0.5) is 4.79 Å². The standard InChI is InChI=1S/C21H15ClN2O3/c22-16-8-6-14(7-9-16)13-24-20(25)18(23-21(24)26)12-17-10-11-19(27-17)15-4-2-1-3-5-15/h1-12H,13H2,(H,23,26). The summed E-state index contributed by atoms with van der Waals surface area (Å²) in [6.45, 7) is 0.173. The third kappa shape index (κ3) is 3.64. The number of furan rings is 1. The molecule has 2 aromatic carbocycles. The summed E-state index contributed by atoms with van der Waals surface area (Å²) in [7, 11) is 0. The van der Waals surface area contributed by atoms with Crippen molar-refractivity contribution in [1.29, 1.82) is 0 Å². The Bertz CT molecular complexity index is 1020.